The van der Waals surface area contributed by atoms with Crippen LogP contribution in [-0.2, 0) is 4.79 Å². The van der Waals surface area contributed by atoms with Crippen molar-refractivity contribution in [3.8, 4) is 0 Å². The van der Waals surface area contributed by atoms with Crippen molar-refractivity contribution in [1.82, 2.24) is 4.90 Å². The number of hydrogen-bond acceptors (Lipinski definition) is 4. The van der Waals surface area contributed by atoms with E-state index < -0.39 is 12.0 Å². The Morgan fingerprint density at radius 1 is 1.20 bits per heavy atom. The number of aliphatic carboxylic acids is 1. The van der Waals surface area contributed by atoms with Gasteiger partial charge in [-0.2, -0.15) is 0 Å². The zero-order valence-corrected chi connectivity index (χ0v) is 12.1. The molecule has 1 saturated heterocycles. The van der Waals surface area contributed by atoms with Crippen molar-refractivity contribution >= 4 is 11.7 Å². The van der Waals surface area contributed by atoms with E-state index in [0.717, 1.165) is 31.9 Å². The molecule has 5 nitrogen and oxygen atoms in total. The average Bonchev–Trinajstić information content (AvgIpc) is 2.46. The second-order valence-corrected chi connectivity index (χ2v) is 5.49. The predicted octanol–water partition coefficient (Wildman–Crippen LogP) is 1.30. The van der Waals surface area contributed by atoms with Gasteiger partial charge in [0.15, 0.2) is 0 Å². The van der Waals surface area contributed by atoms with E-state index in [2.05, 4.69) is 23.6 Å². The summed E-state index contributed by atoms with van der Waals surface area (Å²) in [7, 11) is 0. The van der Waals surface area contributed by atoms with E-state index in [1.54, 1.807) is 0 Å². The van der Waals surface area contributed by atoms with Crippen LogP contribution >= 0.6 is 0 Å². The van der Waals surface area contributed by atoms with Crippen molar-refractivity contribution in [3.63, 3.8) is 0 Å². The Balaban J connectivity index is 2.16. The molecule has 0 amide bonds. The van der Waals surface area contributed by atoms with Gasteiger partial charge in [0, 0.05) is 43.5 Å². The SMILES string of the molecule is CC(C)N1CCN(c2ccccc2C(N)C(=O)O)CC1. The molecular formula is C15H23N3O2. The Morgan fingerprint density at radius 3 is 2.35 bits per heavy atom. The number of piperazine rings is 1. The predicted molar refractivity (Wildman–Crippen MR) is 79.9 cm³/mol. The molecule has 0 bridgehead atoms. The average molecular weight is 277 g/mol. The van der Waals surface area contributed by atoms with Crippen LogP contribution in [0.5, 0.6) is 0 Å². The molecule has 1 aliphatic rings. The highest BCUT2D eigenvalue weighted by molar-refractivity contribution is 5.78. The molecule has 1 aromatic carbocycles. The second kappa shape index (κ2) is 6.24. The van der Waals surface area contributed by atoms with Gasteiger partial charge in [0.25, 0.3) is 0 Å². The summed E-state index contributed by atoms with van der Waals surface area (Å²) in [4.78, 5) is 15.8. The zero-order chi connectivity index (χ0) is 14.7. The van der Waals surface area contributed by atoms with E-state index in [1.165, 1.54) is 0 Å². The molecule has 0 spiro atoms. The molecule has 0 radical (unpaired) electrons. The number of carboxylic acids is 1. The van der Waals surface area contributed by atoms with Gasteiger partial charge in [-0.25, -0.2) is 0 Å². The smallest absolute Gasteiger partial charge is 0.325 e. The van der Waals surface area contributed by atoms with Gasteiger partial charge in [0.1, 0.15) is 6.04 Å². The van der Waals surface area contributed by atoms with E-state index in [4.69, 9.17) is 10.8 Å². The molecule has 0 saturated carbocycles. The van der Waals surface area contributed by atoms with Crippen LogP contribution in [0.25, 0.3) is 0 Å². The maximum absolute atomic E-state index is 11.1. The van der Waals surface area contributed by atoms with Gasteiger partial charge in [-0.1, -0.05) is 18.2 Å². The zero-order valence-electron chi connectivity index (χ0n) is 12.1. The maximum atomic E-state index is 11.1. The van der Waals surface area contributed by atoms with Crippen molar-refractivity contribution in [2.45, 2.75) is 25.9 Å². The minimum absolute atomic E-state index is 0.550. The fourth-order valence-electron chi connectivity index (χ4n) is 2.65. The van der Waals surface area contributed by atoms with Crippen molar-refractivity contribution in [3.05, 3.63) is 29.8 Å². The van der Waals surface area contributed by atoms with Crippen molar-refractivity contribution in [1.29, 1.82) is 0 Å². The third kappa shape index (κ3) is 3.11. The standard InChI is InChI=1S/C15H23N3O2/c1-11(2)17-7-9-18(10-8-17)13-6-4-3-5-12(13)14(16)15(19)20/h3-6,11,14H,7-10,16H2,1-2H3,(H,19,20). The summed E-state index contributed by atoms with van der Waals surface area (Å²) in [6.07, 6.45) is 0. The first-order valence-electron chi connectivity index (χ1n) is 7.07. The minimum atomic E-state index is -0.988. The summed E-state index contributed by atoms with van der Waals surface area (Å²) in [5.41, 5.74) is 7.43. The molecule has 1 aliphatic heterocycles. The molecule has 110 valence electrons. The van der Waals surface area contributed by atoms with Gasteiger partial charge >= 0.3 is 5.97 Å². The summed E-state index contributed by atoms with van der Waals surface area (Å²) in [6.45, 7) is 8.19. The first-order chi connectivity index (χ1) is 9.50. The van der Waals surface area contributed by atoms with E-state index in [0.29, 0.717) is 11.6 Å². The largest absolute Gasteiger partial charge is 0.480 e. The molecular weight excluding hydrogens is 254 g/mol. The van der Waals surface area contributed by atoms with Crippen LogP contribution in [0.3, 0.4) is 0 Å². The number of para-hydroxylation sites is 1. The minimum Gasteiger partial charge on any atom is -0.480 e. The Bertz CT molecular complexity index is 468. The Hall–Kier alpha value is -1.59. The first-order valence-corrected chi connectivity index (χ1v) is 7.07. The molecule has 1 fully saturated rings. The summed E-state index contributed by atoms with van der Waals surface area (Å²) in [6, 6.07) is 7.13. The molecule has 1 unspecified atom stereocenters. The quantitative estimate of drug-likeness (QED) is 0.868. The van der Waals surface area contributed by atoms with Crippen LogP contribution in [0, 0.1) is 0 Å². The molecule has 2 rings (SSSR count). The van der Waals surface area contributed by atoms with E-state index in [1.807, 2.05) is 24.3 Å². The van der Waals surface area contributed by atoms with Gasteiger partial charge < -0.3 is 15.7 Å². The highest BCUT2D eigenvalue weighted by Crippen LogP contribution is 2.26. The number of benzene rings is 1. The lowest BCUT2D eigenvalue weighted by Gasteiger charge is -2.39. The van der Waals surface area contributed by atoms with Crippen LogP contribution in [-0.4, -0.2) is 48.2 Å². The fourth-order valence-corrected chi connectivity index (χ4v) is 2.65. The Morgan fingerprint density at radius 2 is 1.80 bits per heavy atom. The number of anilines is 1. The number of carbonyl (C=O) groups is 1. The third-order valence-electron chi connectivity index (χ3n) is 3.92. The van der Waals surface area contributed by atoms with Crippen LogP contribution in [0.15, 0.2) is 24.3 Å². The van der Waals surface area contributed by atoms with Gasteiger partial charge in [0.2, 0.25) is 0 Å². The van der Waals surface area contributed by atoms with E-state index in [9.17, 15) is 4.79 Å². The van der Waals surface area contributed by atoms with Gasteiger partial charge in [-0.15, -0.1) is 0 Å². The van der Waals surface area contributed by atoms with Crippen LogP contribution in [0.4, 0.5) is 5.69 Å². The summed E-state index contributed by atoms with van der Waals surface area (Å²) in [5.74, 6) is -0.988. The van der Waals surface area contributed by atoms with Gasteiger partial charge in [0.05, 0.1) is 0 Å². The molecule has 1 heterocycles. The number of rotatable bonds is 4. The summed E-state index contributed by atoms with van der Waals surface area (Å²) >= 11 is 0. The number of nitrogens with zero attached hydrogens (tertiary/aromatic N) is 2. The van der Waals surface area contributed by atoms with Crippen LogP contribution < -0.4 is 10.6 Å². The molecule has 1 atom stereocenters. The first kappa shape index (κ1) is 14.8. The molecule has 3 N–H and O–H groups in total. The number of hydrogen-bond donors (Lipinski definition) is 2. The monoisotopic (exact) mass is 277 g/mol. The summed E-state index contributed by atoms with van der Waals surface area (Å²) < 4.78 is 0. The van der Waals surface area contributed by atoms with Crippen molar-refractivity contribution in [2.24, 2.45) is 5.73 Å². The van der Waals surface area contributed by atoms with Crippen LogP contribution in [0.2, 0.25) is 0 Å². The van der Waals surface area contributed by atoms with Crippen molar-refractivity contribution in [2.75, 3.05) is 31.1 Å². The Labute approximate surface area is 120 Å². The molecule has 0 aromatic heterocycles. The maximum Gasteiger partial charge on any atom is 0.325 e. The molecule has 0 aliphatic carbocycles. The lowest BCUT2D eigenvalue weighted by molar-refractivity contribution is -0.138. The highest BCUT2D eigenvalue weighted by Gasteiger charge is 2.24. The van der Waals surface area contributed by atoms with Crippen molar-refractivity contribution < 1.29 is 9.90 Å². The fraction of sp³-hybridized carbons (Fsp3) is 0.533. The molecule has 5 heteroatoms. The number of nitrogens with two attached hydrogens (primary N) is 1. The topological polar surface area (TPSA) is 69.8 Å². The summed E-state index contributed by atoms with van der Waals surface area (Å²) in [5, 5.41) is 9.12. The van der Waals surface area contributed by atoms with E-state index in [-0.39, 0.29) is 0 Å². The highest BCUT2D eigenvalue weighted by atomic mass is 16.4. The Kier molecular flexibility index (Phi) is 4.62. The normalized spacial score (nSPS) is 18.3. The second-order valence-electron chi connectivity index (χ2n) is 5.49. The lowest BCUT2D eigenvalue weighted by atomic mass is 10.0. The van der Waals surface area contributed by atoms with Gasteiger partial charge in [-0.3, -0.25) is 9.69 Å². The van der Waals surface area contributed by atoms with Crippen LogP contribution in [0.1, 0.15) is 25.5 Å². The molecule has 20 heavy (non-hydrogen) atoms. The van der Waals surface area contributed by atoms with Gasteiger partial charge in [-0.05, 0) is 19.9 Å². The number of carboxylic acid groups (broad SMARTS) is 1. The van der Waals surface area contributed by atoms with E-state index >= 15 is 0 Å². The third-order valence-corrected chi connectivity index (χ3v) is 3.92. The lowest BCUT2D eigenvalue weighted by Crippen LogP contribution is -2.49. The molecule has 1 aromatic rings.